The predicted octanol–water partition coefficient (Wildman–Crippen LogP) is 4.04. The lowest BCUT2D eigenvalue weighted by molar-refractivity contribution is -0.115. The van der Waals surface area contributed by atoms with E-state index in [-0.39, 0.29) is 18.2 Å². The number of morpholine rings is 1. The van der Waals surface area contributed by atoms with Crippen molar-refractivity contribution in [3.05, 3.63) is 80.8 Å². The quantitative estimate of drug-likeness (QED) is 0.609. The topological polar surface area (TPSA) is 71.5 Å². The highest BCUT2D eigenvalue weighted by molar-refractivity contribution is 7.09. The number of amides is 2. The summed E-state index contributed by atoms with van der Waals surface area (Å²) >= 11 is 7.56. The maximum absolute atomic E-state index is 12.9. The van der Waals surface area contributed by atoms with Gasteiger partial charge in [0.05, 0.1) is 41.6 Å². The lowest BCUT2D eigenvalue weighted by Crippen LogP contribution is -2.41. The maximum Gasteiger partial charge on any atom is 0.256 e. The third-order valence-corrected chi connectivity index (χ3v) is 6.05. The molecule has 1 N–H and O–H groups in total. The molecule has 0 bridgehead atoms. The van der Waals surface area contributed by atoms with Crippen LogP contribution in [-0.4, -0.2) is 48.0 Å². The van der Waals surface area contributed by atoms with Gasteiger partial charge in [-0.05, 0) is 29.8 Å². The number of carbonyl (C=O) groups excluding carboxylic acids is 2. The largest absolute Gasteiger partial charge is 0.378 e. The number of nitrogens with one attached hydrogen (secondary N) is 1. The first kappa shape index (κ1) is 21.5. The van der Waals surface area contributed by atoms with Crippen molar-refractivity contribution >= 4 is 40.4 Å². The van der Waals surface area contributed by atoms with Gasteiger partial charge in [0, 0.05) is 29.9 Å². The van der Waals surface area contributed by atoms with Crippen LogP contribution in [0, 0.1) is 0 Å². The molecule has 31 heavy (non-hydrogen) atoms. The number of halogens is 1. The van der Waals surface area contributed by atoms with Crippen molar-refractivity contribution in [2.45, 2.75) is 12.8 Å². The molecular weight excluding hydrogens is 434 g/mol. The molecule has 0 unspecified atom stereocenters. The third kappa shape index (κ3) is 5.70. The van der Waals surface area contributed by atoms with E-state index >= 15 is 0 Å². The molecule has 160 valence electrons. The van der Waals surface area contributed by atoms with E-state index < -0.39 is 0 Å². The van der Waals surface area contributed by atoms with E-state index in [9.17, 15) is 9.59 Å². The molecule has 0 saturated carbocycles. The minimum absolute atomic E-state index is 0.100. The molecule has 2 amide bonds. The van der Waals surface area contributed by atoms with Crippen molar-refractivity contribution < 1.29 is 14.3 Å². The van der Waals surface area contributed by atoms with E-state index in [0.717, 1.165) is 10.6 Å². The highest BCUT2D eigenvalue weighted by Crippen LogP contribution is 2.20. The fourth-order valence-corrected chi connectivity index (χ4v) is 4.45. The number of anilines is 1. The van der Waals surface area contributed by atoms with E-state index in [2.05, 4.69) is 10.3 Å². The second-order valence-electron chi connectivity index (χ2n) is 7.21. The molecule has 1 fully saturated rings. The summed E-state index contributed by atoms with van der Waals surface area (Å²) in [5.74, 6) is -0.307. The third-order valence-electron chi connectivity index (χ3n) is 4.92. The molecule has 6 nitrogen and oxygen atoms in total. The van der Waals surface area contributed by atoms with E-state index in [1.807, 2.05) is 29.6 Å². The van der Waals surface area contributed by atoms with Crippen LogP contribution in [0.5, 0.6) is 0 Å². The average Bonchev–Trinajstić information content (AvgIpc) is 3.20. The van der Waals surface area contributed by atoms with E-state index in [1.54, 1.807) is 29.2 Å². The summed E-state index contributed by atoms with van der Waals surface area (Å²) in [5, 5.41) is 6.39. The number of rotatable bonds is 6. The van der Waals surface area contributed by atoms with Crippen molar-refractivity contribution in [1.29, 1.82) is 0 Å². The summed E-state index contributed by atoms with van der Waals surface area (Å²) in [5.41, 5.74) is 2.78. The number of ether oxygens (including phenoxy) is 1. The Bertz CT molecular complexity index is 1080. The Labute approximate surface area is 189 Å². The molecular formula is C23H22ClN3O3S. The first-order chi connectivity index (χ1) is 15.1. The summed E-state index contributed by atoms with van der Waals surface area (Å²) < 4.78 is 5.32. The Morgan fingerprint density at radius 3 is 2.74 bits per heavy atom. The summed E-state index contributed by atoms with van der Waals surface area (Å²) in [6.45, 7) is 2.16. The Balaban J connectivity index is 1.39. The molecule has 0 radical (unpaired) electrons. The number of hydrogen-bond acceptors (Lipinski definition) is 5. The minimum atomic E-state index is -0.207. The molecule has 1 aliphatic rings. The van der Waals surface area contributed by atoms with Crippen LogP contribution < -0.4 is 5.32 Å². The highest BCUT2D eigenvalue weighted by Gasteiger charge is 2.21. The maximum atomic E-state index is 12.9. The first-order valence-electron chi connectivity index (χ1n) is 10.0. The average molecular weight is 456 g/mol. The number of thiazole rings is 1. The van der Waals surface area contributed by atoms with Gasteiger partial charge in [0.15, 0.2) is 0 Å². The van der Waals surface area contributed by atoms with Crippen LogP contribution in [0.3, 0.4) is 0 Å². The zero-order valence-electron chi connectivity index (χ0n) is 16.8. The molecule has 4 rings (SSSR count). The number of nitrogens with zero attached hydrogens (tertiary/aromatic N) is 2. The monoisotopic (exact) mass is 455 g/mol. The Hall–Kier alpha value is -2.74. The van der Waals surface area contributed by atoms with Crippen LogP contribution >= 0.6 is 22.9 Å². The zero-order valence-corrected chi connectivity index (χ0v) is 18.4. The van der Waals surface area contributed by atoms with Gasteiger partial charge in [-0.3, -0.25) is 9.59 Å². The second-order valence-corrected chi connectivity index (χ2v) is 8.59. The van der Waals surface area contributed by atoms with Gasteiger partial charge in [-0.2, -0.15) is 0 Å². The Morgan fingerprint density at radius 1 is 1.13 bits per heavy atom. The molecule has 3 aromatic rings. The van der Waals surface area contributed by atoms with Crippen molar-refractivity contribution in [3.63, 3.8) is 0 Å². The molecule has 1 aromatic heterocycles. The van der Waals surface area contributed by atoms with Crippen molar-refractivity contribution in [3.8, 4) is 0 Å². The van der Waals surface area contributed by atoms with Gasteiger partial charge in [-0.25, -0.2) is 4.98 Å². The molecule has 8 heteroatoms. The van der Waals surface area contributed by atoms with Crippen molar-refractivity contribution in [2.75, 3.05) is 31.6 Å². The molecule has 2 aromatic carbocycles. The van der Waals surface area contributed by atoms with E-state index in [1.165, 1.54) is 11.3 Å². The van der Waals surface area contributed by atoms with Gasteiger partial charge in [-0.15, -0.1) is 11.3 Å². The molecule has 2 heterocycles. The summed E-state index contributed by atoms with van der Waals surface area (Å²) in [4.78, 5) is 31.8. The van der Waals surface area contributed by atoms with E-state index in [4.69, 9.17) is 16.3 Å². The predicted molar refractivity (Wildman–Crippen MR) is 122 cm³/mol. The fraction of sp³-hybridized carbons (Fsp3) is 0.261. The SMILES string of the molecule is O=C(Cc1csc(Cc2cccc(Cl)c2)n1)Nc1ccccc1C(=O)N1CCOCC1. The van der Waals surface area contributed by atoms with Gasteiger partial charge in [-0.1, -0.05) is 35.9 Å². The zero-order chi connectivity index (χ0) is 21.6. The summed E-state index contributed by atoms with van der Waals surface area (Å²) in [7, 11) is 0. The molecule has 0 aliphatic carbocycles. The van der Waals surface area contributed by atoms with Gasteiger partial charge in [0.2, 0.25) is 5.91 Å². The molecule has 1 aliphatic heterocycles. The summed E-state index contributed by atoms with van der Waals surface area (Å²) in [6.07, 6.45) is 0.815. The second kappa shape index (κ2) is 10.0. The molecule has 1 saturated heterocycles. The highest BCUT2D eigenvalue weighted by atomic mass is 35.5. The number of hydrogen-bond donors (Lipinski definition) is 1. The number of carbonyl (C=O) groups is 2. The van der Waals surface area contributed by atoms with Crippen LogP contribution in [0.15, 0.2) is 53.9 Å². The van der Waals surface area contributed by atoms with Crippen LogP contribution in [-0.2, 0) is 22.4 Å². The van der Waals surface area contributed by atoms with Crippen molar-refractivity contribution in [2.24, 2.45) is 0 Å². The minimum Gasteiger partial charge on any atom is -0.378 e. The summed E-state index contributed by atoms with van der Waals surface area (Å²) in [6, 6.07) is 14.7. The smallest absolute Gasteiger partial charge is 0.256 e. The van der Waals surface area contributed by atoms with Gasteiger partial charge >= 0.3 is 0 Å². The lowest BCUT2D eigenvalue weighted by atomic mass is 10.1. The fourth-order valence-electron chi connectivity index (χ4n) is 3.41. The Kier molecular flexibility index (Phi) is 6.96. The standard InChI is InChI=1S/C23H22ClN3O3S/c24-17-5-3-4-16(12-17)13-22-25-18(15-31-22)14-21(28)26-20-7-2-1-6-19(20)23(29)27-8-10-30-11-9-27/h1-7,12,15H,8-11,13-14H2,(H,26,28). The van der Waals surface area contributed by atoms with Gasteiger partial charge in [0.1, 0.15) is 0 Å². The van der Waals surface area contributed by atoms with Crippen molar-refractivity contribution in [1.82, 2.24) is 9.88 Å². The first-order valence-corrected chi connectivity index (χ1v) is 11.3. The number of benzene rings is 2. The van der Waals surface area contributed by atoms with Gasteiger partial charge in [0.25, 0.3) is 5.91 Å². The number of aromatic nitrogens is 1. The number of para-hydroxylation sites is 1. The Morgan fingerprint density at radius 2 is 1.94 bits per heavy atom. The molecule has 0 atom stereocenters. The normalized spacial score (nSPS) is 13.8. The van der Waals surface area contributed by atoms with Crippen LogP contribution in [0.2, 0.25) is 5.02 Å². The van der Waals surface area contributed by atoms with Gasteiger partial charge < -0.3 is 15.0 Å². The lowest BCUT2D eigenvalue weighted by Gasteiger charge is -2.27. The molecule has 0 spiro atoms. The van der Waals surface area contributed by atoms with E-state index in [0.29, 0.717) is 54.7 Å². The van der Waals surface area contributed by atoms with Crippen LogP contribution in [0.4, 0.5) is 5.69 Å². The van der Waals surface area contributed by atoms with Crippen LogP contribution in [0.1, 0.15) is 26.6 Å². The van der Waals surface area contributed by atoms with Crippen LogP contribution in [0.25, 0.3) is 0 Å².